The summed E-state index contributed by atoms with van der Waals surface area (Å²) in [5.74, 6) is 0.647. The Morgan fingerprint density at radius 2 is 1.83 bits per heavy atom. The van der Waals surface area contributed by atoms with E-state index in [2.05, 4.69) is 39.0 Å². The first kappa shape index (κ1) is 19.3. The van der Waals surface area contributed by atoms with E-state index in [1.165, 1.54) is 16.9 Å². The van der Waals surface area contributed by atoms with Crippen LogP contribution >= 0.6 is 22.9 Å². The molecule has 1 aliphatic rings. The number of H-pyrrole nitrogens is 1. The lowest BCUT2D eigenvalue weighted by Crippen LogP contribution is -2.46. The van der Waals surface area contributed by atoms with Crippen LogP contribution in [0.25, 0.3) is 21.3 Å². The molecule has 0 atom stereocenters. The molecule has 1 fully saturated rings. The Morgan fingerprint density at radius 1 is 1.03 bits per heavy atom. The maximum absolute atomic E-state index is 12.7. The third-order valence-electron chi connectivity index (χ3n) is 5.47. The van der Waals surface area contributed by atoms with Gasteiger partial charge in [0.1, 0.15) is 4.70 Å². The number of aromatic nitrogens is 2. The van der Waals surface area contributed by atoms with Gasteiger partial charge in [0.05, 0.1) is 5.52 Å². The van der Waals surface area contributed by atoms with Crippen LogP contribution in [0.15, 0.2) is 64.8 Å². The zero-order valence-electron chi connectivity index (χ0n) is 16.3. The van der Waals surface area contributed by atoms with Crippen LogP contribution in [0.1, 0.15) is 5.56 Å². The number of hydrogen-bond donors (Lipinski definition) is 1. The Morgan fingerprint density at radius 3 is 2.60 bits per heavy atom. The highest BCUT2D eigenvalue weighted by atomic mass is 35.5. The van der Waals surface area contributed by atoms with Gasteiger partial charge in [0, 0.05) is 48.7 Å². The van der Waals surface area contributed by atoms with Gasteiger partial charge in [-0.25, -0.2) is 4.98 Å². The molecule has 7 heteroatoms. The van der Waals surface area contributed by atoms with E-state index in [-0.39, 0.29) is 5.56 Å². The van der Waals surface area contributed by atoms with Crippen LogP contribution in [0.3, 0.4) is 0 Å². The lowest BCUT2D eigenvalue weighted by molar-refractivity contribution is 0.248. The van der Waals surface area contributed by atoms with Crippen molar-refractivity contribution in [1.29, 1.82) is 0 Å². The van der Waals surface area contributed by atoms with Gasteiger partial charge in [-0.05, 0) is 23.3 Å². The van der Waals surface area contributed by atoms with Gasteiger partial charge >= 0.3 is 0 Å². The Labute approximate surface area is 183 Å². The number of nitrogens with zero attached hydrogens (tertiary/aromatic N) is 3. The highest BCUT2D eigenvalue weighted by molar-refractivity contribution is 7.17. The van der Waals surface area contributed by atoms with E-state index < -0.39 is 0 Å². The van der Waals surface area contributed by atoms with E-state index in [0.717, 1.165) is 49.4 Å². The first-order chi connectivity index (χ1) is 14.7. The Kier molecular flexibility index (Phi) is 5.29. The monoisotopic (exact) mass is 436 g/mol. The number of aromatic amines is 1. The minimum absolute atomic E-state index is 0.0833. The molecule has 2 aromatic carbocycles. The van der Waals surface area contributed by atoms with Crippen molar-refractivity contribution in [2.45, 2.75) is 6.54 Å². The van der Waals surface area contributed by atoms with Gasteiger partial charge in [0.2, 0.25) is 5.95 Å². The molecule has 5 nitrogen and oxygen atoms in total. The number of nitrogens with one attached hydrogen (secondary N) is 1. The van der Waals surface area contributed by atoms with E-state index >= 15 is 0 Å². The summed E-state index contributed by atoms with van der Waals surface area (Å²) in [5, 5.41) is 2.66. The SMILES string of the molecule is O=c1[nH]c(N2CCN(Cc3ccccc3)CC2)nc2c(-c3cccc(Cl)c3)csc12. The average Bonchev–Trinajstić information content (AvgIpc) is 3.20. The van der Waals surface area contributed by atoms with Crippen LogP contribution in [0.4, 0.5) is 5.95 Å². The summed E-state index contributed by atoms with van der Waals surface area (Å²) in [4.78, 5) is 25.2. The molecule has 0 aliphatic carbocycles. The van der Waals surface area contributed by atoms with Gasteiger partial charge in [-0.1, -0.05) is 54.1 Å². The van der Waals surface area contributed by atoms with Crippen molar-refractivity contribution in [3.8, 4) is 11.1 Å². The predicted octanol–water partition coefficient (Wildman–Crippen LogP) is 4.63. The van der Waals surface area contributed by atoms with E-state index in [9.17, 15) is 4.79 Å². The number of anilines is 1. The Bertz CT molecular complexity index is 1230. The predicted molar refractivity (Wildman–Crippen MR) is 125 cm³/mol. The standard InChI is InChI=1S/C23H21ClN4OS/c24-18-8-4-7-17(13-18)19-15-30-21-20(19)25-23(26-22(21)29)28-11-9-27(10-12-28)14-16-5-2-1-3-6-16/h1-8,13,15H,9-12,14H2,(H,25,26,29). The molecule has 0 radical (unpaired) electrons. The van der Waals surface area contributed by atoms with Crippen LogP contribution in [-0.2, 0) is 6.54 Å². The normalized spacial score (nSPS) is 15.0. The molecule has 0 bridgehead atoms. The second-order valence-electron chi connectivity index (χ2n) is 7.48. The summed E-state index contributed by atoms with van der Waals surface area (Å²) in [6.07, 6.45) is 0. The third kappa shape index (κ3) is 3.86. The number of thiophene rings is 1. The zero-order chi connectivity index (χ0) is 20.5. The summed E-state index contributed by atoms with van der Waals surface area (Å²) in [6.45, 7) is 4.47. The van der Waals surface area contributed by atoms with E-state index in [0.29, 0.717) is 15.7 Å². The largest absolute Gasteiger partial charge is 0.340 e. The van der Waals surface area contributed by atoms with Crippen molar-refractivity contribution < 1.29 is 0 Å². The quantitative estimate of drug-likeness (QED) is 0.507. The lowest BCUT2D eigenvalue weighted by atomic mass is 10.1. The van der Waals surface area contributed by atoms with Gasteiger partial charge in [-0.3, -0.25) is 14.7 Å². The number of fused-ring (bicyclic) bond motifs is 1. The van der Waals surface area contributed by atoms with Crippen LogP contribution < -0.4 is 10.5 Å². The van der Waals surface area contributed by atoms with Crippen LogP contribution in [0.2, 0.25) is 5.02 Å². The lowest BCUT2D eigenvalue weighted by Gasteiger charge is -2.35. The molecule has 1 saturated heterocycles. The highest BCUT2D eigenvalue weighted by Gasteiger charge is 2.21. The van der Waals surface area contributed by atoms with Crippen LogP contribution in [-0.4, -0.2) is 41.0 Å². The average molecular weight is 437 g/mol. The van der Waals surface area contributed by atoms with Crippen molar-refractivity contribution in [3.05, 3.63) is 80.9 Å². The highest BCUT2D eigenvalue weighted by Crippen LogP contribution is 2.33. The summed E-state index contributed by atoms with van der Waals surface area (Å²) in [7, 11) is 0. The van der Waals surface area contributed by atoms with E-state index in [1.54, 1.807) is 0 Å². The summed E-state index contributed by atoms with van der Waals surface area (Å²) >= 11 is 7.59. The molecule has 2 aromatic heterocycles. The minimum Gasteiger partial charge on any atom is -0.340 e. The fourth-order valence-corrected chi connectivity index (χ4v) is 4.98. The Balaban J connectivity index is 1.39. The molecule has 3 heterocycles. The molecule has 30 heavy (non-hydrogen) atoms. The summed E-state index contributed by atoms with van der Waals surface area (Å²) in [5.41, 5.74) is 3.91. The first-order valence-electron chi connectivity index (χ1n) is 9.96. The van der Waals surface area contributed by atoms with Gasteiger partial charge in [-0.2, -0.15) is 0 Å². The molecule has 0 amide bonds. The maximum atomic E-state index is 12.7. The number of halogens is 1. The number of benzene rings is 2. The van der Waals surface area contributed by atoms with Crippen molar-refractivity contribution in [1.82, 2.24) is 14.9 Å². The summed E-state index contributed by atoms with van der Waals surface area (Å²) < 4.78 is 0.649. The molecule has 4 aromatic rings. The van der Waals surface area contributed by atoms with Crippen molar-refractivity contribution in [2.24, 2.45) is 0 Å². The van der Waals surface area contributed by atoms with Crippen LogP contribution in [0, 0.1) is 0 Å². The molecular weight excluding hydrogens is 416 g/mol. The third-order valence-corrected chi connectivity index (χ3v) is 6.67. The molecule has 5 rings (SSSR count). The smallest absolute Gasteiger partial charge is 0.270 e. The maximum Gasteiger partial charge on any atom is 0.270 e. The molecule has 0 unspecified atom stereocenters. The van der Waals surface area contributed by atoms with Crippen molar-refractivity contribution in [2.75, 3.05) is 31.1 Å². The zero-order valence-corrected chi connectivity index (χ0v) is 17.9. The summed E-state index contributed by atoms with van der Waals surface area (Å²) in [6, 6.07) is 18.2. The molecule has 0 spiro atoms. The molecule has 1 N–H and O–H groups in total. The van der Waals surface area contributed by atoms with E-state index in [4.69, 9.17) is 16.6 Å². The fraction of sp³-hybridized carbons (Fsp3) is 0.217. The first-order valence-corrected chi connectivity index (χ1v) is 11.2. The number of piperazine rings is 1. The molecular formula is C23H21ClN4OS. The Hall–Kier alpha value is -2.67. The molecule has 1 aliphatic heterocycles. The second kappa shape index (κ2) is 8.22. The fourth-order valence-electron chi connectivity index (χ4n) is 3.89. The van der Waals surface area contributed by atoms with Crippen molar-refractivity contribution >= 4 is 39.1 Å². The number of hydrogen-bond acceptors (Lipinski definition) is 5. The van der Waals surface area contributed by atoms with Crippen LogP contribution in [0.5, 0.6) is 0 Å². The van der Waals surface area contributed by atoms with Gasteiger partial charge in [0.25, 0.3) is 5.56 Å². The topological polar surface area (TPSA) is 52.2 Å². The minimum atomic E-state index is -0.0833. The second-order valence-corrected chi connectivity index (χ2v) is 8.79. The van der Waals surface area contributed by atoms with Gasteiger partial charge < -0.3 is 4.90 Å². The van der Waals surface area contributed by atoms with Gasteiger partial charge in [0.15, 0.2) is 0 Å². The van der Waals surface area contributed by atoms with Crippen molar-refractivity contribution in [3.63, 3.8) is 0 Å². The molecule has 0 saturated carbocycles. The van der Waals surface area contributed by atoms with E-state index in [1.807, 2.05) is 35.7 Å². The van der Waals surface area contributed by atoms with Gasteiger partial charge in [-0.15, -0.1) is 11.3 Å². The molecule has 152 valence electrons. The number of rotatable bonds is 4.